The maximum absolute atomic E-state index is 15.2. The largest absolute Gasteiger partial charge is 0.465 e. The van der Waals surface area contributed by atoms with E-state index in [-0.39, 0.29) is 31.1 Å². The summed E-state index contributed by atoms with van der Waals surface area (Å²) in [6.07, 6.45) is -1.84. The summed E-state index contributed by atoms with van der Waals surface area (Å²) in [5.41, 5.74) is -0.870. The SMILES string of the molecule is CCCCn1c(-c2ccccc2)nc(C(C)(F)F)c1CN(Cc1ccc(C(=O)OC)cc1)Cc1cccc(OC(F)(P)C(F)F)c1. The van der Waals surface area contributed by atoms with Gasteiger partial charge in [0.1, 0.15) is 17.3 Å². The lowest BCUT2D eigenvalue weighted by Gasteiger charge is -2.26. The van der Waals surface area contributed by atoms with Crippen molar-refractivity contribution < 1.29 is 36.2 Å². The first-order chi connectivity index (χ1) is 21.8. The highest BCUT2D eigenvalue weighted by Crippen LogP contribution is 2.35. The van der Waals surface area contributed by atoms with Crippen LogP contribution < -0.4 is 4.74 Å². The molecule has 0 aliphatic heterocycles. The molecule has 0 aliphatic rings. The summed E-state index contributed by atoms with van der Waals surface area (Å²) < 4.78 is 82.6. The van der Waals surface area contributed by atoms with Crippen LogP contribution in [0, 0.1) is 0 Å². The number of halogens is 5. The number of hydrogen-bond donors (Lipinski definition) is 0. The Hall–Kier alpha value is -3.82. The summed E-state index contributed by atoms with van der Waals surface area (Å²) >= 11 is 0. The highest BCUT2D eigenvalue weighted by molar-refractivity contribution is 7.18. The van der Waals surface area contributed by atoms with Gasteiger partial charge in [-0.05, 0) is 51.1 Å². The molecule has 0 radical (unpaired) electrons. The third-order valence-electron chi connectivity index (χ3n) is 7.29. The Morgan fingerprint density at radius 1 is 0.957 bits per heavy atom. The quantitative estimate of drug-likeness (QED) is 0.0726. The Bertz CT molecular complexity index is 1590. The number of benzene rings is 3. The van der Waals surface area contributed by atoms with Crippen LogP contribution >= 0.6 is 9.24 Å². The van der Waals surface area contributed by atoms with Crippen LogP contribution in [-0.2, 0) is 36.8 Å². The minimum absolute atomic E-state index is 0.0415. The van der Waals surface area contributed by atoms with E-state index in [1.165, 1.54) is 28.5 Å². The van der Waals surface area contributed by atoms with Crippen molar-refractivity contribution >= 4 is 15.2 Å². The van der Waals surface area contributed by atoms with Gasteiger partial charge in [0.05, 0.1) is 18.4 Å². The molecule has 1 heterocycles. The van der Waals surface area contributed by atoms with Crippen LogP contribution in [0.3, 0.4) is 0 Å². The number of rotatable bonds is 15. The molecule has 6 nitrogen and oxygen atoms in total. The molecule has 4 rings (SSSR count). The fourth-order valence-electron chi connectivity index (χ4n) is 5.06. The normalized spacial score (nSPS) is 13.2. The minimum atomic E-state index is -3.40. The number of imidazole rings is 1. The van der Waals surface area contributed by atoms with Gasteiger partial charge in [-0.2, -0.15) is 13.2 Å². The molecule has 12 heteroatoms. The molecule has 1 aromatic heterocycles. The van der Waals surface area contributed by atoms with Crippen molar-refractivity contribution in [3.63, 3.8) is 0 Å². The number of aromatic nitrogens is 2. The molecule has 0 amide bonds. The molecule has 2 unspecified atom stereocenters. The number of ether oxygens (including phenoxy) is 2. The van der Waals surface area contributed by atoms with E-state index < -0.39 is 23.9 Å². The summed E-state index contributed by atoms with van der Waals surface area (Å²) in [7, 11) is 2.66. The van der Waals surface area contributed by atoms with Crippen molar-refractivity contribution in [3.05, 3.63) is 107 Å². The zero-order valence-corrected chi connectivity index (χ0v) is 27.0. The Morgan fingerprint density at radius 3 is 2.24 bits per heavy atom. The summed E-state index contributed by atoms with van der Waals surface area (Å²) in [5, 5.41) is 0. The Kier molecular flexibility index (Phi) is 11.6. The van der Waals surface area contributed by atoms with Gasteiger partial charge in [0, 0.05) is 38.7 Å². The van der Waals surface area contributed by atoms with Crippen LogP contribution in [0.5, 0.6) is 5.75 Å². The zero-order valence-electron chi connectivity index (χ0n) is 25.9. The summed E-state index contributed by atoms with van der Waals surface area (Å²) in [6, 6.07) is 21.9. The lowest BCUT2D eigenvalue weighted by Crippen LogP contribution is -2.31. The molecule has 46 heavy (non-hydrogen) atoms. The van der Waals surface area contributed by atoms with Crippen molar-refractivity contribution in [2.75, 3.05) is 7.11 Å². The van der Waals surface area contributed by atoms with E-state index in [4.69, 9.17) is 9.47 Å². The van der Waals surface area contributed by atoms with Crippen LogP contribution in [-0.4, -0.2) is 39.6 Å². The summed E-state index contributed by atoms with van der Waals surface area (Å²) in [5.74, 6) is -3.43. The van der Waals surface area contributed by atoms with Crippen molar-refractivity contribution in [3.8, 4) is 17.1 Å². The number of hydrogen-bond acceptors (Lipinski definition) is 5. The smallest absolute Gasteiger partial charge is 0.337 e. The van der Waals surface area contributed by atoms with Gasteiger partial charge in [0.15, 0.2) is 0 Å². The second-order valence-corrected chi connectivity index (χ2v) is 11.9. The average molecular weight is 662 g/mol. The van der Waals surface area contributed by atoms with Crippen LogP contribution in [0.4, 0.5) is 22.0 Å². The van der Waals surface area contributed by atoms with Crippen LogP contribution in [0.15, 0.2) is 78.9 Å². The van der Waals surface area contributed by atoms with E-state index in [0.717, 1.165) is 25.3 Å². The summed E-state index contributed by atoms with van der Waals surface area (Å²) in [6.45, 7) is 3.76. The molecular formula is C34H37F5N3O3P. The van der Waals surface area contributed by atoms with Crippen LogP contribution in [0.1, 0.15) is 59.6 Å². The number of methoxy groups -OCH3 is 1. The molecule has 0 fully saturated rings. The molecule has 0 saturated carbocycles. The van der Waals surface area contributed by atoms with Crippen molar-refractivity contribution in [1.29, 1.82) is 0 Å². The first-order valence-corrected chi connectivity index (χ1v) is 15.4. The van der Waals surface area contributed by atoms with Gasteiger partial charge in [-0.15, -0.1) is 0 Å². The van der Waals surface area contributed by atoms with Crippen molar-refractivity contribution in [2.45, 2.75) is 70.8 Å². The maximum atomic E-state index is 15.2. The Labute approximate surface area is 267 Å². The van der Waals surface area contributed by atoms with Gasteiger partial charge in [-0.25, -0.2) is 18.6 Å². The van der Waals surface area contributed by atoms with Gasteiger partial charge in [0.2, 0.25) is 0 Å². The van der Waals surface area contributed by atoms with E-state index in [0.29, 0.717) is 34.8 Å². The molecule has 0 aliphatic carbocycles. The van der Waals surface area contributed by atoms with Gasteiger partial charge in [-0.1, -0.05) is 67.9 Å². The molecule has 0 N–H and O–H groups in total. The van der Waals surface area contributed by atoms with E-state index in [2.05, 4.69) is 4.98 Å². The highest BCUT2D eigenvalue weighted by atomic mass is 31.0. The fraction of sp³-hybridized carbons (Fsp3) is 0.353. The summed E-state index contributed by atoms with van der Waals surface area (Å²) in [4.78, 5) is 18.4. The molecule has 0 spiro atoms. The van der Waals surface area contributed by atoms with Gasteiger partial charge >= 0.3 is 18.0 Å². The van der Waals surface area contributed by atoms with E-state index in [1.807, 2.05) is 46.7 Å². The standard InChI is InChI=1S/C34H37F5N3O3P/c1-4-5-18-42-28(29(33(2,37)38)40-30(42)25-11-7-6-8-12-25)22-41(20-23-14-16-26(17-15-23)31(43)44-3)21-24-10-9-13-27(19-24)45-34(39,46)32(35)36/h6-17,19,32H,4-5,18,20-22,46H2,1-3H3. The highest BCUT2D eigenvalue weighted by Gasteiger charge is 2.38. The van der Waals surface area contributed by atoms with E-state index in [1.54, 1.807) is 36.4 Å². The number of esters is 1. The predicted molar refractivity (Wildman–Crippen MR) is 169 cm³/mol. The minimum Gasteiger partial charge on any atom is -0.465 e. The Morgan fingerprint density at radius 2 is 1.63 bits per heavy atom. The second kappa shape index (κ2) is 15.2. The maximum Gasteiger partial charge on any atom is 0.337 e. The monoisotopic (exact) mass is 661 g/mol. The first kappa shape index (κ1) is 35.0. The zero-order chi connectivity index (χ0) is 33.5. The van der Waals surface area contributed by atoms with Crippen molar-refractivity contribution in [2.24, 2.45) is 0 Å². The topological polar surface area (TPSA) is 56.6 Å². The first-order valence-electron chi connectivity index (χ1n) is 14.8. The molecule has 246 valence electrons. The predicted octanol–water partition coefficient (Wildman–Crippen LogP) is 8.59. The van der Waals surface area contributed by atoms with Gasteiger partial charge in [-0.3, -0.25) is 4.90 Å². The number of carbonyl (C=O) groups excluding carboxylic acids is 1. The molecular weight excluding hydrogens is 624 g/mol. The average Bonchev–Trinajstić information content (AvgIpc) is 3.38. The van der Waals surface area contributed by atoms with Gasteiger partial charge < -0.3 is 14.0 Å². The molecule has 4 aromatic rings. The van der Waals surface area contributed by atoms with Crippen LogP contribution in [0.2, 0.25) is 0 Å². The lowest BCUT2D eigenvalue weighted by atomic mass is 10.1. The molecule has 2 atom stereocenters. The second-order valence-electron chi connectivity index (χ2n) is 11.1. The fourth-order valence-corrected chi connectivity index (χ4v) is 5.19. The number of carbonyl (C=O) groups is 1. The van der Waals surface area contributed by atoms with E-state index >= 15 is 8.78 Å². The number of alkyl halides is 5. The molecule has 0 saturated heterocycles. The van der Waals surface area contributed by atoms with Gasteiger partial charge in [0.25, 0.3) is 5.92 Å². The number of unbranched alkanes of at least 4 members (excludes halogenated alkanes) is 1. The molecule has 0 bridgehead atoms. The lowest BCUT2D eigenvalue weighted by molar-refractivity contribution is -0.0970. The molecule has 3 aromatic carbocycles. The van der Waals surface area contributed by atoms with E-state index in [9.17, 15) is 18.0 Å². The van der Waals surface area contributed by atoms with Crippen LogP contribution in [0.25, 0.3) is 11.4 Å². The number of nitrogens with zero attached hydrogens (tertiary/aromatic N) is 3. The Balaban J connectivity index is 1.77. The third kappa shape index (κ3) is 8.91. The third-order valence-corrected chi connectivity index (χ3v) is 7.66. The van der Waals surface area contributed by atoms with Crippen molar-refractivity contribution in [1.82, 2.24) is 14.5 Å².